The molecule has 1 atom stereocenters. The number of sulfonamides is 1. The highest BCUT2D eigenvalue weighted by Crippen LogP contribution is 1.89. The van der Waals surface area contributed by atoms with Gasteiger partial charge in [0.05, 0.1) is 6.26 Å². The van der Waals surface area contributed by atoms with Gasteiger partial charge in [0.2, 0.25) is 10.0 Å². The van der Waals surface area contributed by atoms with Crippen LogP contribution in [0.3, 0.4) is 0 Å². The van der Waals surface area contributed by atoms with Crippen LogP contribution in [0.1, 0.15) is 13.3 Å². The summed E-state index contributed by atoms with van der Waals surface area (Å²) in [7, 11) is -3.09. The van der Waals surface area contributed by atoms with Crippen molar-refractivity contribution in [2.45, 2.75) is 19.4 Å². The number of nitrogens with one attached hydrogen (secondary N) is 1. The van der Waals surface area contributed by atoms with E-state index in [1.165, 1.54) is 0 Å². The summed E-state index contributed by atoms with van der Waals surface area (Å²) in [6.45, 7) is 1.72. The summed E-state index contributed by atoms with van der Waals surface area (Å²) in [4.78, 5) is 0. The van der Waals surface area contributed by atoms with Gasteiger partial charge in [-0.3, -0.25) is 0 Å². The maximum absolute atomic E-state index is 10.5. The molecule has 0 radical (unpaired) electrons. The normalized spacial score (nSPS) is 14.1. The fourth-order valence-corrected chi connectivity index (χ4v) is 1.40. The summed E-state index contributed by atoms with van der Waals surface area (Å²) in [6.07, 6.45) is 6.50. The largest absolute Gasteiger partial charge is 0.213 e. The van der Waals surface area contributed by atoms with E-state index in [0.29, 0.717) is 6.42 Å². The minimum Gasteiger partial charge on any atom is -0.213 e. The summed E-state index contributed by atoms with van der Waals surface area (Å²) >= 11 is 0. The van der Waals surface area contributed by atoms with E-state index < -0.39 is 10.0 Å². The van der Waals surface area contributed by atoms with E-state index in [9.17, 15) is 8.42 Å². The van der Waals surface area contributed by atoms with Crippen LogP contribution < -0.4 is 4.72 Å². The molecule has 0 rings (SSSR count). The number of rotatable bonds is 3. The Kier molecular flexibility index (Phi) is 3.40. The molecule has 0 spiro atoms. The molecule has 0 bridgehead atoms. The zero-order chi connectivity index (χ0) is 8.20. The van der Waals surface area contributed by atoms with E-state index in [1.54, 1.807) is 6.92 Å². The topological polar surface area (TPSA) is 46.2 Å². The Hall–Kier alpha value is -0.530. The van der Waals surface area contributed by atoms with Gasteiger partial charge in [-0.25, -0.2) is 13.1 Å². The van der Waals surface area contributed by atoms with Gasteiger partial charge in [0, 0.05) is 12.5 Å². The minimum atomic E-state index is -3.09. The average Bonchev–Trinajstić information content (AvgIpc) is 1.59. The molecular formula is C6H11NO2S. The van der Waals surface area contributed by atoms with Gasteiger partial charge >= 0.3 is 0 Å². The second-order valence-corrected chi connectivity index (χ2v) is 3.98. The Bertz CT molecular complexity index is 225. The van der Waals surface area contributed by atoms with Crippen LogP contribution in [0.2, 0.25) is 0 Å². The molecule has 0 fully saturated rings. The van der Waals surface area contributed by atoms with Crippen molar-refractivity contribution in [2.24, 2.45) is 0 Å². The second-order valence-electron chi connectivity index (χ2n) is 2.20. The number of hydrogen-bond donors (Lipinski definition) is 1. The first-order chi connectivity index (χ1) is 4.45. The first-order valence-electron chi connectivity index (χ1n) is 2.86. The maximum Gasteiger partial charge on any atom is 0.208 e. The highest BCUT2D eigenvalue weighted by molar-refractivity contribution is 7.88. The van der Waals surface area contributed by atoms with Crippen molar-refractivity contribution in [1.29, 1.82) is 0 Å². The van der Waals surface area contributed by atoms with Crippen LogP contribution in [0.4, 0.5) is 0 Å². The molecule has 0 aromatic heterocycles. The van der Waals surface area contributed by atoms with Crippen LogP contribution >= 0.6 is 0 Å². The minimum absolute atomic E-state index is 0.167. The maximum atomic E-state index is 10.5. The Morgan fingerprint density at radius 1 is 1.70 bits per heavy atom. The molecule has 58 valence electrons. The molecule has 0 saturated heterocycles. The van der Waals surface area contributed by atoms with E-state index in [4.69, 9.17) is 6.42 Å². The highest BCUT2D eigenvalue weighted by Gasteiger charge is 2.05. The lowest BCUT2D eigenvalue weighted by Gasteiger charge is -2.06. The van der Waals surface area contributed by atoms with Gasteiger partial charge in [-0.15, -0.1) is 12.3 Å². The molecular weight excluding hydrogens is 150 g/mol. The summed E-state index contributed by atoms with van der Waals surface area (Å²) < 4.78 is 23.4. The molecule has 1 unspecified atom stereocenters. The van der Waals surface area contributed by atoms with Crippen molar-refractivity contribution in [3.05, 3.63) is 0 Å². The lowest BCUT2D eigenvalue weighted by molar-refractivity contribution is 0.570. The standard InChI is InChI=1S/C6H11NO2S/c1-4-5-6(2)7-10(3,8)9/h1,6-7H,5H2,2-3H3. The molecule has 0 aromatic rings. The zero-order valence-electron chi connectivity index (χ0n) is 6.09. The molecule has 0 aliphatic rings. The van der Waals surface area contributed by atoms with E-state index in [0.717, 1.165) is 6.26 Å². The predicted octanol–water partition coefficient (Wildman–Crippen LogP) is -0.0526. The van der Waals surface area contributed by atoms with Crippen molar-refractivity contribution in [2.75, 3.05) is 6.26 Å². The third kappa shape index (κ3) is 5.60. The first-order valence-corrected chi connectivity index (χ1v) is 4.75. The van der Waals surface area contributed by atoms with E-state index >= 15 is 0 Å². The summed E-state index contributed by atoms with van der Waals surface area (Å²) in [5.74, 6) is 2.36. The highest BCUT2D eigenvalue weighted by atomic mass is 32.2. The predicted molar refractivity (Wildman–Crippen MR) is 40.9 cm³/mol. The molecule has 4 heteroatoms. The Balaban J connectivity index is 3.83. The SMILES string of the molecule is C#CCC(C)NS(C)(=O)=O. The van der Waals surface area contributed by atoms with Crippen LogP contribution in [-0.2, 0) is 10.0 Å². The van der Waals surface area contributed by atoms with Crippen LogP contribution in [0.5, 0.6) is 0 Å². The summed E-state index contributed by atoms with van der Waals surface area (Å²) in [5.41, 5.74) is 0. The van der Waals surface area contributed by atoms with Crippen LogP contribution in [0.15, 0.2) is 0 Å². The van der Waals surface area contributed by atoms with E-state index in [2.05, 4.69) is 10.6 Å². The van der Waals surface area contributed by atoms with Gasteiger partial charge in [-0.2, -0.15) is 0 Å². The summed E-state index contributed by atoms with van der Waals surface area (Å²) in [6, 6.07) is -0.167. The molecule has 10 heavy (non-hydrogen) atoms. The number of hydrogen-bond acceptors (Lipinski definition) is 2. The van der Waals surface area contributed by atoms with Crippen molar-refractivity contribution < 1.29 is 8.42 Å². The van der Waals surface area contributed by atoms with Crippen LogP contribution in [0.25, 0.3) is 0 Å². The van der Waals surface area contributed by atoms with Gasteiger partial charge in [0.15, 0.2) is 0 Å². The zero-order valence-corrected chi connectivity index (χ0v) is 6.90. The third-order valence-corrected chi connectivity index (χ3v) is 1.67. The Labute approximate surface area is 61.9 Å². The van der Waals surface area contributed by atoms with Crippen LogP contribution in [-0.4, -0.2) is 20.7 Å². The Morgan fingerprint density at radius 3 is 2.50 bits per heavy atom. The van der Waals surface area contributed by atoms with Gasteiger partial charge in [0.25, 0.3) is 0 Å². The monoisotopic (exact) mass is 161 g/mol. The molecule has 0 amide bonds. The molecule has 0 aliphatic heterocycles. The Morgan fingerprint density at radius 2 is 2.20 bits per heavy atom. The average molecular weight is 161 g/mol. The third-order valence-electron chi connectivity index (χ3n) is 0.839. The van der Waals surface area contributed by atoms with Crippen molar-refractivity contribution in [1.82, 2.24) is 4.72 Å². The molecule has 0 aliphatic carbocycles. The van der Waals surface area contributed by atoms with Gasteiger partial charge in [-0.05, 0) is 6.92 Å². The lowest BCUT2D eigenvalue weighted by atomic mass is 10.3. The molecule has 3 nitrogen and oxygen atoms in total. The lowest BCUT2D eigenvalue weighted by Crippen LogP contribution is -2.31. The van der Waals surface area contributed by atoms with E-state index in [1.807, 2.05) is 0 Å². The second kappa shape index (κ2) is 3.59. The van der Waals surface area contributed by atoms with Crippen LogP contribution in [0, 0.1) is 12.3 Å². The first kappa shape index (κ1) is 9.47. The van der Waals surface area contributed by atoms with Crippen molar-refractivity contribution >= 4 is 10.0 Å². The molecule has 0 aromatic carbocycles. The fraction of sp³-hybridized carbons (Fsp3) is 0.667. The van der Waals surface area contributed by atoms with Gasteiger partial charge in [0.1, 0.15) is 0 Å². The smallest absolute Gasteiger partial charge is 0.208 e. The quantitative estimate of drug-likeness (QED) is 0.590. The van der Waals surface area contributed by atoms with Crippen molar-refractivity contribution in [3.8, 4) is 12.3 Å². The summed E-state index contributed by atoms with van der Waals surface area (Å²) in [5, 5.41) is 0. The molecule has 0 saturated carbocycles. The van der Waals surface area contributed by atoms with Gasteiger partial charge in [-0.1, -0.05) is 0 Å². The van der Waals surface area contributed by atoms with E-state index in [-0.39, 0.29) is 6.04 Å². The molecule has 0 heterocycles. The fourth-order valence-electron chi connectivity index (χ4n) is 0.584. The van der Waals surface area contributed by atoms with Gasteiger partial charge < -0.3 is 0 Å². The number of terminal acetylenes is 1. The molecule has 1 N–H and O–H groups in total. The van der Waals surface area contributed by atoms with Crippen molar-refractivity contribution in [3.63, 3.8) is 0 Å².